The van der Waals surface area contributed by atoms with Gasteiger partial charge in [-0.15, -0.1) is 0 Å². The number of amides is 1. The predicted octanol–water partition coefficient (Wildman–Crippen LogP) is 1.70. The summed E-state index contributed by atoms with van der Waals surface area (Å²) in [6.07, 6.45) is 1.70. The number of carbonyl (C=O) groups is 1. The molecule has 1 fully saturated rings. The van der Waals surface area contributed by atoms with E-state index < -0.39 is 0 Å². The van der Waals surface area contributed by atoms with Crippen LogP contribution in [0.3, 0.4) is 0 Å². The second-order valence-corrected chi connectivity index (χ2v) is 5.93. The zero-order valence-corrected chi connectivity index (χ0v) is 13.8. The highest BCUT2D eigenvalue weighted by Gasteiger charge is 2.28. The second kappa shape index (κ2) is 6.42. The SMILES string of the molecule is CN(C)c1cccc(C2CN(C(=O)c3cccn3C)CCO2)n1. The highest BCUT2D eigenvalue weighted by molar-refractivity contribution is 5.92. The van der Waals surface area contributed by atoms with Gasteiger partial charge in [-0.1, -0.05) is 6.07 Å². The van der Waals surface area contributed by atoms with E-state index in [-0.39, 0.29) is 12.0 Å². The average Bonchev–Trinajstić information content (AvgIpc) is 3.00. The van der Waals surface area contributed by atoms with E-state index in [1.807, 2.05) is 72.0 Å². The molecule has 2 aromatic heterocycles. The number of ether oxygens (including phenoxy) is 1. The van der Waals surface area contributed by atoms with E-state index in [9.17, 15) is 4.79 Å². The van der Waals surface area contributed by atoms with Crippen molar-refractivity contribution in [2.45, 2.75) is 6.10 Å². The molecule has 23 heavy (non-hydrogen) atoms. The Kier molecular flexibility index (Phi) is 4.34. The summed E-state index contributed by atoms with van der Waals surface area (Å²) in [6.45, 7) is 1.65. The summed E-state index contributed by atoms with van der Waals surface area (Å²) >= 11 is 0. The normalized spacial score (nSPS) is 18.0. The number of nitrogens with zero attached hydrogens (tertiary/aromatic N) is 4. The Morgan fingerprint density at radius 1 is 1.30 bits per heavy atom. The number of aromatic nitrogens is 2. The number of hydrogen-bond donors (Lipinski definition) is 0. The van der Waals surface area contributed by atoms with E-state index >= 15 is 0 Å². The van der Waals surface area contributed by atoms with Crippen molar-refractivity contribution >= 4 is 11.7 Å². The number of carbonyl (C=O) groups excluding carboxylic acids is 1. The van der Waals surface area contributed by atoms with Crippen LogP contribution in [0.5, 0.6) is 0 Å². The minimum Gasteiger partial charge on any atom is -0.368 e. The molecule has 1 aliphatic rings. The number of hydrogen-bond acceptors (Lipinski definition) is 4. The Labute approximate surface area is 136 Å². The molecule has 0 aromatic carbocycles. The molecule has 0 saturated carbocycles. The quantitative estimate of drug-likeness (QED) is 0.865. The lowest BCUT2D eigenvalue weighted by molar-refractivity contribution is -0.0249. The third kappa shape index (κ3) is 3.22. The summed E-state index contributed by atoms with van der Waals surface area (Å²) < 4.78 is 7.69. The predicted molar refractivity (Wildman–Crippen MR) is 88.6 cm³/mol. The van der Waals surface area contributed by atoms with Gasteiger partial charge >= 0.3 is 0 Å². The Hall–Kier alpha value is -2.34. The molecule has 122 valence electrons. The van der Waals surface area contributed by atoms with Gasteiger partial charge in [0, 0.05) is 33.9 Å². The van der Waals surface area contributed by atoms with Crippen LogP contribution in [0, 0.1) is 0 Å². The van der Waals surface area contributed by atoms with Gasteiger partial charge in [0.25, 0.3) is 5.91 Å². The first-order valence-electron chi connectivity index (χ1n) is 7.73. The van der Waals surface area contributed by atoms with Crippen LogP contribution in [0.4, 0.5) is 5.82 Å². The second-order valence-electron chi connectivity index (χ2n) is 5.93. The molecule has 1 atom stereocenters. The maximum atomic E-state index is 12.7. The van der Waals surface area contributed by atoms with E-state index in [1.54, 1.807) is 0 Å². The number of anilines is 1. The van der Waals surface area contributed by atoms with Crippen LogP contribution in [-0.4, -0.2) is 54.1 Å². The molecule has 6 heteroatoms. The zero-order chi connectivity index (χ0) is 16.4. The van der Waals surface area contributed by atoms with Gasteiger partial charge in [0.05, 0.1) is 18.8 Å². The Morgan fingerprint density at radius 2 is 2.13 bits per heavy atom. The molecule has 1 unspecified atom stereocenters. The van der Waals surface area contributed by atoms with Crippen molar-refractivity contribution in [3.63, 3.8) is 0 Å². The highest BCUT2D eigenvalue weighted by Crippen LogP contribution is 2.23. The fraction of sp³-hybridized carbons (Fsp3) is 0.412. The molecule has 0 bridgehead atoms. The third-order valence-corrected chi connectivity index (χ3v) is 4.06. The van der Waals surface area contributed by atoms with Crippen molar-refractivity contribution < 1.29 is 9.53 Å². The fourth-order valence-electron chi connectivity index (χ4n) is 2.73. The summed E-state index contributed by atoms with van der Waals surface area (Å²) in [5, 5.41) is 0. The molecule has 0 radical (unpaired) electrons. The van der Waals surface area contributed by atoms with Gasteiger partial charge in [-0.25, -0.2) is 4.98 Å². The van der Waals surface area contributed by atoms with Crippen LogP contribution in [0.2, 0.25) is 0 Å². The molecular formula is C17H22N4O2. The first kappa shape index (κ1) is 15.6. The number of rotatable bonds is 3. The van der Waals surface area contributed by atoms with Gasteiger partial charge in [0.15, 0.2) is 0 Å². The van der Waals surface area contributed by atoms with Gasteiger partial charge in [-0.2, -0.15) is 0 Å². The lowest BCUT2D eigenvalue weighted by atomic mass is 10.1. The fourth-order valence-corrected chi connectivity index (χ4v) is 2.73. The largest absolute Gasteiger partial charge is 0.368 e. The van der Waals surface area contributed by atoms with Crippen LogP contribution in [0.25, 0.3) is 0 Å². The van der Waals surface area contributed by atoms with Crippen LogP contribution < -0.4 is 4.90 Å². The van der Waals surface area contributed by atoms with Crippen molar-refractivity contribution in [2.24, 2.45) is 7.05 Å². The van der Waals surface area contributed by atoms with E-state index in [2.05, 4.69) is 4.98 Å². The van der Waals surface area contributed by atoms with Crippen molar-refractivity contribution in [2.75, 3.05) is 38.7 Å². The monoisotopic (exact) mass is 314 g/mol. The van der Waals surface area contributed by atoms with Gasteiger partial charge < -0.3 is 19.1 Å². The van der Waals surface area contributed by atoms with Crippen molar-refractivity contribution in [1.29, 1.82) is 0 Å². The van der Waals surface area contributed by atoms with Gasteiger partial charge in [-0.05, 0) is 24.3 Å². The van der Waals surface area contributed by atoms with Crippen LogP contribution >= 0.6 is 0 Å². The van der Waals surface area contributed by atoms with Crippen LogP contribution in [-0.2, 0) is 11.8 Å². The molecule has 0 aliphatic carbocycles. The summed E-state index contributed by atoms with van der Waals surface area (Å²) in [5.41, 5.74) is 1.56. The summed E-state index contributed by atoms with van der Waals surface area (Å²) in [6, 6.07) is 9.61. The number of morpholine rings is 1. The maximum absolute atomic E-state index is 12.7. The lowest BCUT2D eigenvalue weighted by Gasteiger charge is -2.33. The molecule has 2 aromatic rings. The molecule has 3 heterocycles. The minimum atomic E-state index is -0.187. The molecule has 3 rings (SSSR count). The minimum absolute atomic E-state index is 0.0366. The van der Waals surface area contributed by atoms with Crippen molar-refractivity contribution in [3.8, 4) is 0 Å². The first-order valence-corrected chi connectivity index (χ1v) is 7.73. The van der Waals surface area contributed by atoms with Gasteiger partial charge in [0.2, 0.25) is 0 Å². The van der Waals surface area contributed by atoms with E-state index in [0.29, 0.717) is 25.4 Å². The number of aryl methyl sites for hydroxylation is 1. The van der Waals surface area contributed by atoms with Crippen molar-refractivity contribution in [1.82, 2.24) is 14.5 Å². The zero-order valence-electron chi connectivity index (χ0n) is 13.8. The average molecular weight is 314 g/mol. The van der Waals surface area contributed by atoms with Gasteiger partial charge in [-0.3, -0.25) is 4.79 Å². The number of pyridine rings is 1. The van der Waals surface area contributed by atoms with E-state index in [4.69, 9.17) is 4.74 Å². The molecule has 1 amide bonds. The Balaban J connectivity index is 1.77. The molecular weight excluding hydrogens is 292 g/mol. The molecule has 1 saturated heterocycles. The molecule has 1 aliphatic heterocycles. The standard InChI is InChI=1S/C17H22N4O2/c1-19(2)16-8-4-6-13(18-16)15-12-21(10-11-23-15)17(22)14-7-5-9-20(14)3/h4-9,15H,10-12H2,1-3H3. The summed E-state index contributed by atoms with van der Waals surface area (Å²) in [7, 11) is 5.80. The topological polar surface area (TPSA) is 50.6 Å². The summed E-state index contributed by atoms with van der Waals surface area (Å²) in [4.78, 5) is 21.1. The van der Waals surface area contributed by atoms with Crippen molar-refractivity contribution in [3.05, 3.63) is 47.9 Å². The Bertz CT molecular complexity index is 695. The van der Waals surface area contributed by atoms with Gasteiger partial charge in [0.1, 0.15) is 17.6 Å². The molecule has 6 nitrogen and oxygen atoms in total. The van der Waals surface area contributed by atoms with E-state index in [1.165, 1.54) is 0 Å². The molecule has 0 spiro atoms. The summed E-state index contributed by atoms with van der Waals surface area (Å²) in [5.74, 6) is 0.923. The maximum Gasteiger partial charge on any atom is 0.270 e. The highest BCUT2D eigenvalue weighted by atomic mass is 16.5. The lowest BCUT2D eigenvalue weighted by Crippen LogP contribution is -2.43. The first-order chi connectivity index (χ1) is 11.1. The van der Waals surface area contributed by atoms with Crippen LogP contribution in [0.1, 0.15) is 22.3 Å². The van der Waals surface area contributed by atoms with Crippen LogP contribution in [0.15, 0.2) is 36.5 Å². The molecule has 0 N–H and O–H groups in total. The smallest absolute Gasteiger partial charge is 0.270 e. The van der Waals surface area contributed by atoms with E-state index in [0.717, 1.165) is 11.5 Å². The third-order valence-electron chi connectivity index (χ3n) is 4.06. The Morgan fingerprint density at radius 3 is 2.83 bits per heavy atom.